The van der Waals surface area contributed by atoms with E-state index in [0.717, 1.165) is 16.7 Å². The van der Waals surface area contributed by atoms with Gasteiger partial charge >= 0.3 is 0 Å². The first-order valence-corrected chi connectivity index (χ1v) is 6.31. The number of furan rings is 1. The molecule has 0 unspecified atom stereocenters. The molecule has 0 bridgehead atoms. The molecule has 2 aromatic heterocycles. The Morgan fingerprint density at radius 3 is 2.63 bits per heavy atom. The molecule has 0 saturated heterocycles. The maximum atomic E-state index is 5.38. The van der Waals surface area contributed by atoms with Gasteiger partial charge in [-0.3, -0.25) is 0 Å². The highest BCUT2D eigenvalue weighted by atomic mass is 16.3. The van der Waals surface area contributed by atoms with E-state index in [1.807, 2.05) is 36.4 Å². The summed E-state index contributed by atoms with van der Waals surface area (Å²) in [5.41, 5.74) is 0.909. The average Bonchev–Trinajstić information content (AvgIpc) is 2.92. The van der Waals surface area contributed by atoms with E-state index in [1.54, 1.807) is 6.26 Å². The SMILES string of the molecule is CC(C)Nc1nc(-c2ccco2)nc2ccccc12. The van der Waals surface area contributed by atoms with Crippen molar-refractivity contribution < 1.29 is 4.42 Å². The molecule has 0 saturated carbocycles. The molecule has 0 aliphatic heterocycles. The van der Waals surface area contributed by atoms with Crippen LogP contribution in [0.1, 0.15) is 13.8 Å². The van der Waals surface area contributed by atoms with E-state index in [4.69, 9.17) is 4.42 Å². The monoisotopic (exact) mass is 253 g/mol. The molecule has 0 spiro atoms. The Kier molecular flexibility index (Phi) is 2.91. The molecule has 4 nitrogen and oxygen atoms in total. The van der Waals surface area contributed by atoms with Gasteiger partial charge in [0.2, 0.25) is 0 Å². The Hall–Kier alpha value is -2.36. The van der Waals surface area contributed by atoms with Crippen molar-refractivity contribution in [1.29, 1.82) is 0 Å². The van der Waals surface area contributed by atoms with Crippen molar-refractivity contribution in [2.45, 2.75) is 19.9 Å². The number of aromatic nitrogens is 2. The lowest BCUT2D eigenvalue weighted by Gasteiger charge is -2.12. The van der Waals surface area contributed by atoms with Gasteiger partial charge in [-0.25, -0.2) is 9.97 Å². The highest BCUT2D eigenvalue weighted by Gasteiger charge is 2.11. The molecule has 0 radical (unpaired) electrons. The van der Waals surface area contributed by atoms with Crippen LogP contribution in [0.25, 0.3) is 22.5 Å². The lowest BCUT2D eigenvalue weighted by molar-refractivity contribution is 0.577. The normalized spacial score (nSPS) is 11.1. The largest absolute Gasteiger partial charge is 0.461 e. The molecular weight excluding hydrogens is 238 g/mol. The van der Waals surface area contributed by atoms with Gasteiger partial charge in [-0.1, -0.05) is 12.1 Å². The van der Waals surface area contributed by atoms with E-state index in [9.17, 15) is 0 Å². The van der Waals surface area contributed by atoms with Crippen LogP contribution in [0.5, 0.6) is 0 Å². The fourth-order valence-electron chi connectivity index (χ4n) is 1.98. The quantitative estimate of drug-likeness (QED) is 0.773. The van der Waals surface area contributed by atoms with Crippen molar-refractivity contribution in [1.82, 2.24) is 9.97 Å². The van der Waals surface area contributed by atoms with Crippen LogP contribution in [0.4, 0.5) is 5.82 Å². The maximum Gasteiger partial charge on any atom is 0.198 e. The standard InChI is InChI=1S/C15H15N3O/c1-10(2)16-14-11-6-3-4-7-12(11)17-15(18-14)13-8-5-9-19-13/h3-10H,1-2H3,(H,16,17,18). The van der Waals surface area contributed by atoms with Crippen LogP contribution in [0, 0.1) is 0 Å². The van der Waals surface area contributed by atoms with E-state index >= 15 is 0 Å². The van der Waals surface area contributed by atoms with E-state index in [0.29, 0.717) is 17.6 Å². The summed E-state index contributed by atoms with van der Waals surface area (Å²) in [6, 6.07) is 12.0. The van der Waals surface area contributed by atoms with Gasteiger partial charge in [0.1, 0.15) is 5.82 Å². The van der Waals surface area contributed by atoms with Crippen molar-refractivity contribution in [3.63, 3.8) is 0 Å². The van der Waals surface area contributed by atoms with Gasteiger partial charge in [-0.2, -0.15) is 0 Å². The smallest absolute Gasteiger partial charge is 0.198 e. The van der Waals surface area contributed by atoms with Gasteiger partial charge < -0.3 is 9.73 Å². The topological polar surface area (TPSA) is 51.0 Å². The third-order valence-corrected chi connectivity index (χ3v) is 2.77. The number of hydrogen-bond donors (Lipinski definition) is 1. The fraction of sp³-hybridized carbons (Fsp3) is 0.200. The van der Waals surface area contributed by atoms with Crippen LogP contribution in [0.2, 0.25) is 0 Å². The molecule has 3 aromatic rings. The molecule has 4 heteroatoms. The zero-order chi connectivity index (χ0) is 13.2. The first-order chi connectivity index (χ1) is 9.24. The van der Waals surface area contributed by atoms with Gasteiger partial charge in [0.05, 0.1) is 11.8 Å². The fourth-order valence-corrected chi connectivity index (χ4v) is 1.98. The zero-order valence-corrected chi connectivity index (χ0v) is 10.9. The van der Waals surface area contributed by atoms with Crippen LogP contribution >= 0.6 is 0 Å². The summed E-state index contributed by atoms with van der Waals surface area (Å²) in [6.07, 6.45) is 1.63. The molecule has 0 atom stereocenters. The van der Waals surface area contributed by atoms with Crippen LogP contribution in [0.15, 0.2) is 47.1 Å². The highest BCUT2D eigenvalue weighted by molar-refractivity contribution is 5.90. The Morgan fingerprint density at radius 1 is 1.05 bits per heavy atom. The second kappa shape index (κ2) is 4.72. The van der Waals surface area contributed by atoms with Crippen molar-refractivity contribution in [3.05, 3.63) is 42.7 Å². The van der Waals surface area contributed by atoms with Crippen LogP contribution < -0.4 is 5.32 Å². The maximum absolute atomic E-state index is 5.38. The number of para-hydroxylation sites is 1. The van der Waals surface area contributed by atoms with Gasteiger partial charge in [0.25, 0.3) is 0 Å². The van der Waals surface area contributed by atoms with E-state index in [1.165, 1.54) is 0 Å². The highest BCUT2D eigenvalue weighted by Crippen LogP contribution is 2.25. The summed E-state index contributed by atoms with van der Waals surface area (Å²) in [6.45, 7) is 4.17. The van der Waals surface area contributed by atoms with Crippen LogP contribution in [-0.2, 0) is 0 Å². The van der Waals surface area contributed by atoms with E-state index in [2.05, 4.69) is 29.1 Å². The van der Waals surface area contributed by atoms with Crippen molar-refractivity contribution >= 4 is 16.7 Å². The molecule has 0 aliphatic carbocycles. The summed E-state index contributed by atoms with van der Waals surface area (Å²) in [5.74, 6) is 2.12. The lowest BCUT2D eigenvalue weighted by Crippen LogP contribution is -2.12. The first kappa shape index (κ1) is 11.7. The number of fused-ring (bicyclic) bond motifs is 1. The van der Waals surface area contributed by atoms with E-state index in [-0.39, 0.29) is 0 Å². The zero-order valence-electron chi connectivity index (χ0n) is 10.9. The Morgan fingerprint density at radius 2 is 1.89 bits per heavy atom. The molecule has 19 heavy (non-hydrogen) atoms. The number of nitrogens with zero attached hydrogens (tertiary/aromatic N) is 2. The first-order valence-electron chi connectivity index (χ1n) is 6.31. The van der Waals surface area contributed by atoms with Crippen LogP contribution in [-0.4, -0.2) is 16.0 Å². The molecule has 96 valence electrons. The summed E-state index contributed by atoms with van der Waals surface area (Å²) < 4.78 is 5.38. The average molecular weight is 253 g/mol. The molecule has 2 heterocycles. The second-order valence-electron chi connectivity index (χ2n) is 4.69. The molecule has 3 rings (SSSR count). The molecule has 0 aliphatic rings. The predicted molar refractivity (Wildman–Crippen MR) is 76.0 cm³/mol. The minimum atomic E-state index is 0.308. The summed E-state index contributed by atoms with van der Waals surface area (Å²) >= 11 is 0. The minimum absolute atomic E-state index is 0.308. The number of nitrogens with one attached hydrogen (secondary N) is 1. The Balaban J connectivity index is 2.20. The van der Waals surface area contributed by atoms with Crippen LogP contribution in [0.3, 0.4) is 0 Å². The van der Waals surface area contributed by atoms with Gasteiger partial charge in [0.15, 0.2) is 11.6 Å². The predicted octanol–water partition coefficient (Wildman–Crippen LogP) is 3.71. The number of hydrogen-bond acceptors (Lipinski definition) is 4. The lowest BCUT2D eigenvalue weighted by atomic mass is 10.2. The molecule has 0 fully saturated rings. The van der Waals surface area contributed by atoms with Crippen molar-refractivity contribution in [2.24, 2.45) is 0 Å². The minimum Gasteiger partial charge on any atom is -0.461 e. The summed E-state index contributed by atoms with van der Waals surface area (Å²) in [5, 5.41) is 4.38. The van der Waals surface area contributed by atoms with E-state index < -0.39 is 0 Å². The molecule has 1 N–H and O–H groups in total. The number of benzene rings is 1. The molecular formula is C15H15N3O. The summed E-state index contributed by atoms with van der Waals surface area (Å²) in [7, 11) is 0. The summed E-state index contributed by atoms with van der Waals surface area (Å²) in [4.78, 5) is 9.11. The Bertz CT molecular complexity index is 690. The van der Waals surface area contributed by atoms with Gasteiger partial charge in [-0.05, 0) is 38.1 Å². The number of rotatable bonds is 3. The molecule has 0 amide bonds. The number of anilines is 1. The third-order valence-electron chi connectivity index (χ3n) is 2.77. The second-order valence-corrected chi connectivity index (χ2v) is 4.69. The third kappa shape index (κ3) is 2.29. The van der Waals surface area contributed by atoms with Gasteiger partial charge in [0, 0.05) is 11.4 Å². The molecule has 1 aromatic carbocycles. The van der Waals surface area contributed by atoms with Crippen molar-refractivity contribution in [3.8, 4) is 11.6 Å². The Labute approximate surface area is 111 Å². The van der Waals surface area contributed by atoms with Gasteiger partial charge in [-0.15, -0.1) is 0 Å². The van der Waals surface area contributed by atoms with Crippen molar-refractivity contribution in [2.75, 3.05) is 5.32 Å².